The van der Waals surface area contributed by atoms with E-state index in [0.29, 0.717) is 22.7 Å². The first kappa shape index (κ1) is 20.8. The van der Waals surface area contributed by atoms with Crippen molar-refractivity contribution in [1.82, 2.24) is 10.0 Å². The molecule has 0 spiro atoms. The van der Waals surface area contributed by atoms with Gasteiger partial charge >= 0.3 is 0 Å². The molecular weight excluding hydrogens is 414 g/mol. The van der Waals surface area contributed by atoms with Crippen LogP contribution in [0.1, 0.15) is 18.2 Å². The van der Waals surface area contributed by atoms with Crippen LogP contribution in [0, 0.1) is 0 Å². The van der Waals surface area contributed by atoms with Crippen molar-refractivity contribution in [2.75, 3.05) is 13.4 Å². The van der Waals surface area contributed by atoms with Crippen LogP contribution in [-0.2, 0) is 10.0 Å². The lowest BCUT2D eigenvalue weighted by molar-refractivity contribution is 0.0242. The van der Waals surface area contributed by atoms with Crippen molar-refractivity contribution in [3.63, 3.8) is 0 Å². The molecule has 1 N–H and O–H groups in total. The van der Waals surface area contributed by atoms with Crippen LogP contribution in [0.2, 0.25) is 0 Å². The fraction of sp³-hybridized carbons (Fsp3) is 0.130. The van der Waals surface area contributed by atoms with Crippen molar-refractivity contribution in [2.24, 2.45) is 4.40 Å². The second kappa shape index (κ2) is 7.98. The number of aromatic nitrogens is 1. The molecule has 0 saturated carbocycles. The zero-order chi connectivity index (χ0) is 22.2. The van der Waals surface area contributed by atoms with E-state index in [0.717, 1.165) is 39.3 Å². The van der Waals surface area contributed by atoms with Gasteiger partial charge in [-0.3, -0.25) is 10.2 Å². The Kier molecular flexibility index (Phi) is 5.34. The molecule has 1 aromatic carbocycles. The van der Waals surface area contributed by atoms with Gasteiger partial charge in [0.05, 0.1) is 24.8 Å². The van der Waals surface area contributed by atoms with Gasteiger partial charge in [-0.05, 0) is 48.4 Å². The highest BCUT2D eigenvalue weighted by molar-refractivity contribution is 7.89. The molecule has 7 nitrogen and oxygen atoms in total. The Balaban J connectivity index is 1.90. The van der Waals surface area contributed by atoms with Crippen LogP contribution in [-0.4, -0.2) is 42.7 Å². The van der Waals surface area contributed by atoms with Crippen LogP contribution < -0.4 is 4.74 Å². The van der Waals surface area contributed by atoms with E-state index in [9.17, 15) is 13.6 Å². The third kappa shape index (κ3) is 4.08. The first-order chi connectivity index (χ1) is 14.8. The number of pyridine rings is 1. The lowest BCUT2D eigenvalue weighted by Gasteiger charge is -2.27. The minimum atomic E-state index is -3.51. The first-order valence-electron chi connectivity index (χ1n) is 9.48. The maximum Gasteiger partial charge on any atom is 0.250 e. The number of benzene rings is 1. The van der Waals surface area contributed by atoms with Gasteiger partial charge in [0, 0.05) is 29.1 Å². The second-order valence-corrected chi connectivity index (χ2v) is 8.80. The van der Waals surface area contributed by atoms with Gasteiger partial charge in [-0.2, -0.15) is 4.40 Å². The zero-order valence-corrected chi connectivity index (χ0v) is 18.1. The number of ether oxygens (including phenoxy) is 1. The van der Waals surface area contributed by atoms with E-state index in [1.54, 1.807) is 43.8 Å². The largest absolute Gasteiger partial charge is 0.496 e. The summed E-state index contributed by atoms with van der Waals surface area (Å²) in [7, 11) is -1.88. The van der Waals surface area contributed by atoms with E-state index in [1.807, 2.05) is 37.3 Å². The summed E-state index contributed by atoms with van der Waals surface area (Å²) >= 11 is 0. The molecule has 0 fully saturated rings. The Morgan fingerprint density at radius 2 is 1.87 bits per heavy atom. The summed E-state index contributed by atoms with van der Waals surface area (Å²) < 4.78 is 32.2. The topological polar surface area (TPSA) is 92.1 Å². The number of allylic oxidation sites excluding steroid dienone is 5. The van der Waals surface area contributed by atoms with Gasteiger partial charge in [0.2, 0.25) is 0 Å². The maximum atomic E-state index is 11.5. The Bertz CT molecular complexity index is 1320. The summed E-state index contributed by atoms with van der Waals surface area (Å²) in [4.78, 5) is 4.54. The standard InChI is InChI=1S/C23H21N3O4S/c1-15-14-16(25-31(3,28)29)8-9-17(15)23-22-20(11-13-26(23)27)18(10-12-24-22)19-6-4-5-7-21(19)30-2/h4-14,27H,1-3H3. The second-order valence-electron chi connectivity index (χ2n) is 7.15. The minimum Gasteiger partial charge on any atom is -0.496 e. The number of sulfonamides is 1. The monoisotopic (exact) mass is 435 g/mol. The van der Waals surface area contributed by atoms with Crippen molar-refractivity contribution in [2.45, 2.75) is 6.92 Å². The number of rotatable bonds is 3. The summed E-state index contributed by atoms with van der Waals surface area (Å²) in [5.74, 6) is 0.736. The molecule has 2 aliphatic rings. The van der Waals surface area contributed by atoms with Gasteiger partial charge in [0.25, 0.3) is 10.0 Å². The Labute approximate surface area is 181 Å². The fourth-order valence-corrected chi connectivity index (χ4v) is 4.17. The van der Waals surface area contributed by atoms with E-state index in [2.05, 4.69) is 9.38 Å². The molecule has 0 amide bonds. The summed E-state index contributed by atoms with van der Waals surface area (Å²) in [6.45, 7) is 1.83. The number of para-hydroxylation sites is 1. The summed E-state index contributed by atoms with van der Waals surface area (Å²) in [5.41, 5.74) is 5.58. The highest BCUT2D eigenvalue weighted by Gasteiger charge is 2.25. The van der Waals surface area contributed by atoms with Crippen LogP contribution in [0.5, 0.6) is 5.75 Å². The number of fused-ring (bicyclic) bond motifs is 1. The maximum absolute atomic E-state index is 11.5. The molecule has 0 saturated heterocycles. The van der Waals surface area contributed by atoms with Gasteiger partial charge < -0.3 is 4.74 Å². The lowest BCUT2D eigenvalue weighted by Crippen LogP contribution is -2.19. The predicted molar refractivity (Wildman–Crippen MR) is 121 cm³/mol. The van der Waals surface area contributed by atoms with E-state index in [-0.39, 0.29) is 0 Å². The average molecular weight is 436 g/mol. The molecule has 0 bridgehead atoms. The number of nitrogens with zero attached hydrogens (tertiary/aromatic N) is 3. The fourth-order valence-electron chi connectivity index (χ4n) is 3.67. The molecule has 0 radical (unpaired) electrons. The van der Waals surface area contributed by atoms with E-state index >= 15 is 0 Å². The lowest BCUT2D eigenvalue weighted by atomic mass is 9.91. The van der Waals surface area contributed by atoms with E-state index in [1.165, 1.54) is 0 Å². The Hall–Kier alpha value is -3.49. The number of hydrogen-bond acceptors (Lipinski definition) is 6. The average Bonchev–Trinajstić information content (AvgIpc) is 2.73. The van der Waals surface area contributed by atoms with Crippen molar-refractivity contribution in [3.8, 4) is 16.9 Å². The third-order valence-corrected chi connectivity index (χ3v) is 5.50. The molecule has 2 heterocycles. The van der Waals surface area contributed by atoms with Crippen LogP contribution in [0.3, 0.4) is 0 Å². The summed E-state index contributed by atoms with van der Waals surface area (Å²) in [6, 6.07) is 9.62. The van der Waals surface area contributed by atoms with E-state index in [4.69, 9.17) is 4.74 Å². The van der Waals surface area contributed by atoms with Gasteiger partial charge in [0.15, 0.2) is 0 Å². The summed E-state index contributed by atoms with van der Waals surface area (Å²) in [6.07, 6.45) is 11.1. The molecular formula is C23H21N3O4S. The minimum absolute atomic E-state index is 0.330. The molecule has 8 heteroatoms. The third-order valence-electron chi connectivity index (χ3n) is 4.96. The summed E-state index contributed by atoms with van der Waals surface area (Å²) in [5, 5.41) is 11.7. The van der Waals surface area contributed by atoms with E-state index < -0.39 is 10.0 Å². The van der Waals surface area contributed by atoms with Crippen LogP contribution >= 0.6 is 0 Å². The molecule has 0 unspecified atom stereocenters. The highest BCUT2D eigenvalue weighted by Crippen LogP contribution is 2.40. The number of hydroxylamine groups is 2. The molecule has 0 atom stereocenters. The van der Waals surface area contributed by atoms with Crippen molar-refractivity contribution in [3.05, 3.63) is 83.4 Å². The van der Waals surface area contributed by atoms with Gasteiger partial charge in [-0.1, -0.05) is 24.3 Å². The molecule has 31 heavy (non-hydrogen) atoms. The Morgan fingerprint density at radius 1 is 1.10 bits per heavy atom. The molecule has 1 aliphatic heterocycles. The quantitative estimate of drug-likeness (QED) is 0.782. The van der Waals surface area contributed by atoms with Crippen molar-refractivity contribution >= 4 is 27.5 Å². The molecule has 158 valence electrons. The van der Waals surface area contributed by atoms with Crippen LogP contribution in [0.4, 0.5) is 0 Å². The van der Waals surface area contributed by atoms with Crippen LogP contribution in [0.15, 0.2) is 76.5 Å². The SMILES string of the molecule is COc1ccccc1-c1ccnc2c1C=CN(O)C2=C1C=CC(=NS(C)(=O)=O)C=C1C. The van der Waals surface area contributed by atoms with Crippen LogP contribution in [0.25, 0.3) is 22.9 Å². The molecule has 1 aromatic heterocycles. The smallest absolute Gasteiger partial charge is 0.250 e. The predicted octanol–water partition coefficient (Wildman–Crippen LogP) is 4.06. The molecule has 2 aromatic rings. The number of hydrogen-bond donors (Lipinski definition) is 1. The molecule has 4 rings (SSSR count). The van der Waals surface area contributed by atoms with Crippen molar-refractivity contribution < 1.29 is 18.4 Å². The zero-order valence-electron chi connectivity index (χ0n) is 17.3. The Morgan fingerprint density at radius 3 is 2.58 bits per heavy atom. The first-order valence-corrected chi connectivity index (χ1v) is 11.3. The highest BCUT2D eigenvalue weighted by atomic mass is 32.2. The number of methoxy groups -OCH3 is 1. The normalized spacial score (nSPS) is 19.4. The molecule has 1 aliphatic carbocycles. The van der Waals surface area contributed by atoms with Gasteiger partial charge in [0.1, 0.15) is 11.4 Å². The van der Waals surface area contributed by atoms with Gasteiger partial charge in [-0.15, -0.1) is 0 Å². The van der Waals surface area contributed by atoms with Gasteiger partial charge in [-0.25, -0.2) is 13.5 Å². The van der Waals surface area contributed by atoms with Crippen molar-refractivity contribution in [1.29, 1.82) is 0 Å².